The smallest absolute Gasteiger partial charge is 0.217 e. The SMILES string of the molecule is CC(C)ON(C(=N)N)c1ccccc1.CO. The Hall–Kier alpha value is -1.59. The van der Waals surface area contributed by atoms with Gasteiger partial charge in [0.05, 0.1) is 11.8 Å². The van der Waals surface area contributed by atoms with Gasteiger partial charge in [-0.1, -0.05) is 18.2 Å². The van der Waals surface area contributed by atoms with E-state index in [2.05, 4.69) is 0 Å². The molecule has 1 aromatic carbocycles. The first-order chi connectivity index (χ1) is 7.61. The number of hydroxylamine groups is 1. The molecule has 4 N–H and O–H groups in total. The van der Waals surface area contributed by atoms with Crippen molar-refractivity contribution in [1.29, 1.82) is 5.41 Å². The van der Waals surface area contributed by atoms with Gasteiger partial charge in [-0.15, -0.1) is 0 Å². The van der Waals surface area contributed by atoms with Gasteiger partial charge in [0.2, 0.25) is 5.96 Å². The van der Waals surface area contributed by atoms with Crippen LogP contribution in [-0.2, 0) is 4.84 Å². The summed E-state index contributed by atoms with van der Waals surface area (Å²) in [5.41, 5.74) is 6.16. The number of para-hydroxylation sites is 1. The molecule has 0 heterocycles. The molecule has 0 aromatic heterocycles. The summed E-state index contributed by atoms with van der Waals surface area (Å²) in [5, 5.41) is 15.7. The molecule has 1 aromatic rings. The number of nitrogens with one attached hydrogen (secondary N) is 1. The Kier molecular flexibility index (Phi) is 6.91. The number of benzene rings is 1. The van der Waals surface area contributed by atoms with Crippen molar-refractivity contribution in [3.05, 3.63) is 30.3 Å². The summed E-state index contributed by atoms with van der Waals surface area (Å²) in [5.74, 6) is -0.120. The third kappa shape index (κ3) is 4.77. The maximum atomic E-state index is 7.36. The highest BCUT2D eigenvalue weighted by Gasteiger charge is 2.11. The van der Waals surface area contributed by atoms with E-state index in [1.54, 1.807) is 0 Å². The second-order valence-corrected chi connectivity index (χ2v) is 3.17. The second-order valence-electron chi connectivity index (χ2n) is 3.17. The van der Waals surface area contributed by atoms with E-state index in [-0.39, 0.29) is 12.1 Å². The molecule has 0 spiro atoms. The molecule has 1 rings (SSSR count). The molecule has 5 nitrogen and oxygen atoms in total. The Morgan fingerprint density at radius 2 is 1.81 bits per heavy atom. The molecule has 0 fully saturated rings. The molecule has 0 amide bonds. The predicted octanol–water partition coefficient (Wildman–Crippen LogP) is 1.33. The topological polar surface area (TPSA) is 82.6 Å². The zero-order valence-corrected chi connectivity index (χ0v) is 9.84. The number of aliphatic hydroxyl groups is 1. The molecule has 0 radical (unpaired) electrons. The summed E-state index contributed by atoms with van der Waals surface area (Å²) in [4.78, 5) is 5.38. The van der Waals surface area contributed by atoms with Gasteiger partial charge in [-0.2, -0.15) is 5.06 Å². The van der Waals surface area contributed by atoms with Gasteiger partial charge in [-0.05, 0) is 26.0 Å². The summed E-state index contributed by atoms with van der Waals surface area (Å²) in [6, 6.07) is 9.31. The molecule has 0 unspecified atom stereocenters. The van der Waals surface area contributed by atoms with Gasteiger partial charge in [-0.25, -0.2) is 0 Å². The highest BCUT2D eigenvalue weighted by atomic mass is 16.7. The van der Waals surface area contributed by atoms with Crippen LogP contribution >= 0.6 is 0 Å². The van der Waals surface area contributed by atoms with Gasteiger partial charge in [0, 0.05) is 7.11 Å². The van der Waals surface area contributed by atoms with E-state index in [9.17, 15) is 0 Å². The van der Waals surface area contributed by atoms with Crippen LogP contribution in [-0.4, -0.2) is 24.3 Å². The molecule has 0 aliphatic heterocycles. The minimum atomic E-state index is -0.120. The Morgan fingerprint density at radius 1 is 1.31 bits per heavy atom. The van der Waals surface area contributed by atoms with E-state index in [1.807, 2.05) is 44.2 Å². The molecular weight excluding hydrogens is 206 g/mol. The molecule has 5 heteroatoms. The van der Waals surface area contributed by atoms with E-state index in [0.717, 1.165) is 12.8 Å². The lowest BCUT2D eigenvalue weighted by atomic mass is 10.3. The number of rotatable bonds is 3. The standard InChI is InChI=1S/C10H15N3O.CH4O/c1-8(2)14-13(10(11)12)9-6-4-3-5-7-9;1-2/h3-8H,1-2H3,(H3,11,12);2H,1H3. The zero-order valence-electron chi connectivity index (χ0n) is 9.84. The summed E-state index contributed by atoms with van der Waals surface area (Å²) in [6.07, 6.45) is -0.0147. The molecule has 16 heavy (non-hydrogen) atoms. The first kappa shape index (κ1) is 14.4. The van der Waals surface area contributed by atoms with E-state index >= 15 is 0 Å². The third-order valence-electron chi connectivity index (χ3n) is 1.53. The normalized spacial score (nSPS) is 9.31. The number of nitrogens with zero attached hydrogens (tertiary/aromatic N) is 1. The number of hydrogen-bond donors (Lipinski definition) is 3. The van der Waals surface area contributed by atoms with E-state index < -0.39 is 0 Å². The monoisotopic (exact) mass is 225 g/mol. The minimum Gasteiger partial charge on any atom is -0.400 e. The second kappa shape index (κ2) is 7.67. The van der Waals surface area contributed by atoms with Gasteiger partial charge >= 0.3 is 0 Å². The third-order valence-corrected chi connectivity index (χ3v) is 1.53. The van der Waals surface area contributed by atoms with Gasteiger partial charge in [0.1, 0.15) is 0 Å². The van der Waals surface area contributed by atoms with Crippen molar-refractivity contribution in [2.45, 2.75) is 20.0 Å². The maximum absolute atomic E-state index is 7.36. The van der Waals surface area contributed by atoms with Gasteiger partial charge in [-0.3, -0.25) is 10.2 Å². The summed E-state index contributed by atoms with van der Waals surface area (Å²) < 4.78 is 0. The van der Waals surface area contributed by atoms with Crippen molar-refractivity contribution in [1.82, 2.24) is 0 Å². The van der Waals surface area contributed by atoms with E-state index in [4.69, 9.17) is 21.1 Å². The van der Waals surface area contributed by atoms with Crippen molar-refractivity contribution in [3.63, 3.8) is 0 Å². The summed E-state index contributed by atoms with van der Waals surface area (Å²) >= 11 is 0. The van der Waals surface area contributed by atoms with Crippen molar-refractivity contribution in [2.24, 2.45) is 5.73 Å². The number of hydrogen-bond acceptors (Lipinski definition) is 3. The molecular formula is C11H19N3O2. The van der Waals surface area contributed by atoms with Crippen LogP contribution in [0.2, 0.25) is 0 Å². The van der Waals surface area contributed by atoms with Crippen LogP contribution in [0, 0.1) is 5.41 Å². The lowest BCUT2D eigenvalue weighted by Gasteiger charge is -2.23. The van der Waals surface area contributed by atoms with Gasteiger partial charge < -0.3 is 10.8 Å². The molecule has 0 saturated heterocycles. The number of guanidine groups is 1. The van der Waals surface area contributed by atoms with Crippen molar-refractivity contribution in [2.75, 3.05) is 12.2 Å². The molecule has 0 bridgehead atoms. The highest BCUT2D eigenvalue weighted by molar-refractivity contribution is 5.90. The van der Waals surface area contributed by atoms with Crippen LogP contribution in [0.3, 0.4) is 0 Å². The largest absolute Gasteiger partial charge is 0.400 e. The van der Waals surface area contributed by atoms with Gasteiger partial charge in [0.15, 0.2) is 0 Å². The predicted molar refractivity (Wildman–Crippen MR) is 65.2 cm³/mol. The number of nitrogens with two attached hydrogens (primary N) is 1. The maximum Gasteiger partial charge on any atom is 0.217 e. The average molecular weight is 225 g/mol. The fourth-order valence-corrected chi connectivity index (χ4v) is 1.03. The van der Waals surface area contributed by atoms with Crippen molar-refractivity contribution >= 4 is 11.6 Å². The van der Waals surface area contributed by atoms with Crippen LogP contribution in [0.1, 0.15) is 13.8 Å². The fourth-order valence-electron chi connectivity index (χ4n) is 1.03. The summed E-state index contributed by atoms with van der Waals surface area (Å²) in [6.45, 7) is 3.78. The van der Waals surface area contributed by atoms with Crippen molar-refractivity contribution in [3.8, 4) is 0 Å². The first-order valence-corrected chi connectivity index (χ1v) is 4.92. The summed E-state index contributed by atoms with van der Waals surface area (Å²) in [7, 11) is 1.00. The Bertz CT molecular complexity index is 301. The Balaban J connectivity index is 0.00000106. The average Bonchev–Trinajstić information content (AvgIpc) is 2.29. The van der Waals surface area contributed by atoms with Gasteiger partial charge in [0.25, 0.3) is 0 Å². The van der Waals surface area contributed by atoms with Crippen LogP contribution in [0.4, 0.5) is 5.69 Å². The zero-order chi connectivity index (χ0) is 12.6. The molecule has 0 aliphatic carbocycles. The van der Waals surface area contributed by atoms with Crippen LogP contribution < -0.4 is 10.8 Å². The number of anilines is 1. The Morgan fingerprint density at radius 3 is 2.19 bits per heavy atom. The molecule has 0 aliphatic rings. The van der Waals surface area contributed by atoms with E-state index in [1.165, 1.54) is 5.06 Å². The lowest BCUT2D eigenvalue weighted by molar-refractivity contribution is 0.0847. The quantitative estimate of drug-likeness (QED) is 0.412. The first-order valence-electron chi connectivity index (χ1n) is 4.92. The van der Waals surface area contributed by atoms with Crippen LogP contribution in [0.5, 0.6) is 0 Å². The fraction of sp³-hybridized carbons (Fsp3) is 0.364. The minimum absolute atomic E-state index is 0.0147. The molecule has 0 atom stereocenters. The van der Waals surface area contributed by atoms with Crippen molar-refractivity contribution < 1.29 is 9.94 Å². The van der Waals surface area contributed by atoms with Crippen LogP contribution in [0.15, 0.2) is 30.3 Å². The van der Waals surface area contributed by atoms with Crippen LogP contribution in [0.25, 0.3) is 0 Å². The Labute approximate surface area is 95.9 Å². The molecule has 0 saturated carbocycles. The van der Waals surface area contributed by atoms with E-state index in [0.29, 0.717) is 0 Å². The number of aliphatic hydroxyl groups excluding tert-OH is 1. The lowest BCUT2D eigenvalue weighted by Crippen LogP contribution is -2.38. The molecule has 90 valence electrons. The highest BCUT2D eigenvalue weighted by Crippen LogP contribution is 2.13.